The van der Waals surface area contributed by atoms with E-state index in [2.05, 4.69) is 36.1 Å². The molecule has 0 fully saturated rings. The van der Waals surface area contributed by atoms with Crippen LogP contribution in [0.25, 0.3) is 0 Å². The summed E-state index contributed by atoms with van der Waals surface area (Å²) in [5.41, 5.74) is 0. The molecule has 1 unspecified atom stereocenters. The Labute approximate surface area is 94.3 Å². The maximum Gasteiger partial charge on any atom is 0.0597 e. The van der Waals surface area contributed by atoms with Gasteiger partial charge in [0, 0.05) is 12.6 Å². The molecule has 0 radical (unpaired) electrons. The predicted octanol–water partition coefficient (Wildman–Crippen LogP) is -0.160. The molecule has 0 amide bonds. The van der Waals surface area contributed by atoms with Crippen molar-refractivity contribution in [1.29, 1.82) is 0 Å². The summed E-state index contributed by atoms with van der Waals surface area (Å²) in [6.45, 7) is 6.58. The van der Waals surface area contributed by atoms with E-state index in [-0.39, 0.29) is 12.6 Å². The number of likely N-dealkylation sites (N-methyl/N-ethyl adjacent to an activating group) is 2. The normalized spacial score (nSPS) is 13.8. The van der Waals surface area contributed by atoms with Gasteiger partial charge in [-0.05, 0) is 47.2 Å². The van der Waals surface area contributed by atoms with Gasteiger partial charge in [-0.2, -0.15) is 0 Å². The number of hydrogen-bond donors (Lipinski definition) is 2. The molecule has 0 rings (SSSR count). The Morgan fingerprint density at radius 3 is 2.33 bits per heavy atom. The van der Waals surface area contributed by atoms with Crippen molar-refractivity contribution in [2.45, 2.75) is 19.4 Å². The first-order chi connectivity index (χ1) is 7.13. The van der Waals surface area contributed by atoms with Crippen molar-refractivity contribution in [3.63, 3.8) is 0 Å². The molecule has 4 nitrogen and oxygen atoms in total. The summed E-state index contributed by atoms with van der Waals surface area (Å²) in [6, 6.07) is 0.198. The Hall–Kier alpha value is -0.160. The summed E-state index contributed by atoms with van der Waals surface area (Å²) < 4.78 is 0. The van der Waals surface area contributed by atoms with E-state index >= 15 is 0 Å². The molecular weight excluding hydrogens is 190 g/mol. The van der Waals surface area contributed by atoms with Gasteiger partial charge in [0.25, 0.3) is 0 Å². The van der Waals surface area contributed by atoms with Gasteiger partial charge in [-0.1, -0.05) is 6.92 Å². The fourth-order valence-electron chi connectivity index (χ4n) is 1.54. The molecule has 15 heavy (non-hydrogen) atoms. The molecule has 0 saturated heterocycles. The largest absolute Gasteiger partial charge is 0.395 e. The molecule has 1 atom stereocenters. The minimum Gasteiger partial charge on any atom is -0.395 e. The molecule has 0 saturated carbocycles. The molecule has 4 heteroatoms. The van der Waals surface area contributed by atoms with E-state index in [1.165, 1.54) is 6.42 Å². The van der Waals surface area contributed by atoms with Gasteiger partial charge in [0.1, 0.15) is 0 Å². The minimum absolute atomic E-state index is 0.198. The SMILES string of the molecule is CCN(CCCN(C)C)CC(CO)NC. The molecule has 0 aromatic carbocycles. The van der Waals surface area contributed by atoms with Crippen molar-refractivity contribution in [3.05, 3.63) is 0 Å². The highest BCUT2D eigenvalue weighted by Gasteiger charge is 2.09. The quantitative estimate of drug-likeness (QED) is 0.563. The van der Waals surface area contributed by atoms with Crippen molar-refractivity contribution < 1.29 is 5.11 Å². The Bertz CT molecular complexity index is 138. The third-order valence-electron chi connectivity index (χ3n) is 2.63. The van der Waals surface area contributed by atoms with Gasteiger partial charge >= 0.3 is 0 Å². The summed E-state index contributed by atoms with van der Waals surface area (Å²) in [5, 5.41) is 12.2. The minimum atomic E-state index is 0.198. The van der Waals surface area contributed by atoms with Crippen molar-refractivity contribution in [3.8, 4) is 0 Å². The molecule has 0 spiro atoms. The Kier molecular flexibility index (Phi) is 9.00. The van der Waals surface area contributed by atoms with Crippen LogP contribution in [0.15, 0.2) is 0 Å². The van der Waals surface area contributed by atoms with Gasteiger partial charge in [0.15, 0.2) is 0 Å². The van der Waals surface area contributed by atoms with E-state index in [9.17, 15) is 0 Å². The second-order valence-electron chi connectivity index (χ2n) is 4.22. The second kappa shape index (κ2) is 9.09. The Morgan fingerprint density at radius 2 is 1.93 bits per heavy atom. The number of rotatable bonds is 9. The van der Waals surface area contributed by atoms with Gasteiger partial charge in [0.05, 0.1) is 6.61 Å². The van der Waals surface area contributed by atoms with Gasteiger partial charge in [-0.25, -0.2) is 0 Å². The Morgan fingerprint density at radius 1 is 1.27 bits per heavy atom. The average Bonchev–Trinajstić information content (AvgIpc) is 2.22. The highest BCUT2D eigenvalue weighted by Crippen LogP contribution is 1.95. The second-order valence-corrected chi connectivity index (χ2v) is 4.22. The zero-order chi connectivity index (χ0) is 11.7. The molecule has 0 aliphatic carbocycles. The third-order valence-corrected chi connectivity index (χ3v) is 2.63. The summed E-state index contributed by atoms with van der Waals surface area (Å²) in [5.74, 6) is 0. The van der Waals surface area contributed by atoms with Crippen LogP contribution in [0.3, 0.4) is 0 Å². The van der Waals surface area contributed by atoms with E-state index in [1.54, 1.807) is 0 Å². The fraction of sp³-hybridized carbons (Fsp3) is 1.00. The van der Waals surface area contributed by atoms with Crippen LogP contribution in [0.1, 0.15) is 13.3 Å². The van der Waals surface area contributed by atoms with Crippen LogP contribution < -0.4 is 5.32 Å². The zero-order valence-corrected chi connectivity index (χ0v) is 10.7. The lowest BCUT2D eigenvalue weighted by molar-refractivity contribution is 0.186. The lowest BCUT2D eigenvalue weighted by Crippen LogP contribution is -2.42. The van der Waals surface area contributed by atoms with Crippen LogP contribution in [0, 0.1) is 0 Å². The topological polar surface area (TPSA) is 38.7 Å². The van der Waals surface area contributed by atoms with Crippen LogP contribution in [0.4, 0.5) is 0 Å². The number of nitrogens with zero attached hydrogens (tertiary/aromatic N) is 2. The first-order valence-electron chi connectivity index (χ1n) is 5.79. The van der Waals surface area contributed by atoms with E-state index < -0.39 is 0 Å². The summed E-state index contributed by atoms with van der Waals surface area (Å²) in [7, 11) is 6.09. The predicted molar refractivity (Wildman–Crippen MR) is 65.2 cm³/mol. The highest BCUT2D eigenvalue weighted by atomic mass is 16.3. The van der Waals surface area contributed by atoms with Crippen LogP contribution in [-0.4, -0.2) is 74.9 Å². The van der Waals surface area contributed by atoms with Gasteiger partial charge < -0.3 is 20.2 Å². The molecule has 0 bridgehead atoms. The summed E-state index contributed by atoms with van der Waals surface area (Å²) in [6.07, 6.45) is 1.18. The summed E-state index contributed by atoms with van der Waals surface area (Å²) >= 11 is 0. The molecule has 92 valence electrons. The van der Waals surface area contributed by atoms with Crippen LogP contribution in [0.5, 0.6) is 0 Å². The van der Waals surface area contributed by atoms with Crippen molar-refractivity contribution in [2.75, 3.05) is 53.9 Å². The Balaban J connectivity index is 3.71. The average molecular weight is 217 g/mol. The monoisotopic (exact) mass is 217 g/mol. The number of aliphatic hydroxyl groups is 1. The fourth-order valence-corrected chi connectivity index (χ4v) is 1.54. The van der Waals surface area contributed by atoms with E-state index in [0.29, 0.717) is 0 Å². The van der Waals surface area contributed by atoms with Crippen molar-refractivity contribution >= 4 is 0 Å². The van der Waals surface area contributed by atoms with E-state index in [1.807, 2.05) is 7.05 Å². The molecule has 0 aliphatic rings. The van der Waals surface area contributed by atoms with E-state index in [0.717, 1.165) is 26.2 Å². The first kappa shape index (κ1) is 14.8. The number of hydrogen-bond acceptors (Lipinski definition) is 4. The smallest absolute Gasteiger partial charge is 0.0597 e. The lowest BCUT2D eigenvalue weighted by atomic mass is 10.2. The zero-order valence-electron chi connectivity index (χ0n) is 10.7. The molecule has 0 heterocycles. The van der Waals surface area contributed by atoms with Crippen LogP contribution in [0.2, 0.25) is 0 Å². The number of aliphatic hydroxyl groups excluding tert-OH is 1. The standard InChI is InChI=1S/C11H27N3O/c1-5-14(8-6-7-13(3)4)9-11(10-15)12-2/h11-12,15H,5-10H2,1-4H3. The molecule has 2 N–H and O–H groups in total. The van der Waals surface area contributed by atoms with E-state index in [4.69, 9.17) is 5.11 Å². The van der Waals surface area contributed by atoms with Crippen LogP contribution in [-0.2, 0) is 0 Å². The first-order valence-corrected chi connectivity index (χ1v) is 5.79. The molecule has 0 aliphatic heterocycles. The van der Waals surface area contributed by atoms with Crippen molar-refractivity contribution in [1.82, 2.24) is 15.1 Å². The molecule has 0 aromatic rings. The van der Waals surface area contributed by atoms with Gasteiger partial charge in [-0.3, -0.25) is 0 Å². The highest BCUT2D eigenvalue weighted by molar-refractivity contribution is 4.69. The van der Waals surface area contributed by atoms with Crippen LogP contribution >= 0.6 is 0 Å². The van der Waals surface area contributed by atoms with Gasteiger partial charge in [0.2, 0.25) is 0 Å². The molecule has 0 aromatic heterocycles. The number of nitrogens with one attached hydrogen (secondary N) is 1. The third kappa shape index (κ3) is 7.73. The van der Waals surface area contributed by atoms with Crippen molar-refractivity contribution in [2.24, 2.45) is 0 Å². The summed E-state index contributed by atoms with van der Waals surface area (Å²) in [4.78, 5) is 4.58. The lowest BCUT2D eigenvalue weighted by Gasteiger charge is -2.25. The maximum atomic E-state index is 9.09. The van der Waals surface area contributed by atoms with Gasteiger partial charge in [-0.15, -0.1) is 0 Å². The maximum absolute atomic E-state index is 9.09. The molecular formula is C11H27N3O.